The Kier molecular flexibility index (Phi) is 56.6. The Morgan fingerprint density at radius 3 is 1.50 bits per heavy atom. The summed E-state index contributed by atoms with van der Waals surface area (Å²) in [6.45, 7) is 35.4. The second-order valence-electron chi connectivity index (χ2n) is 37.5. The van der Waals surface area contributed by atoms with Gasteiger partial charge in [0, 0.05) is 63.2 Å². The summed E-state index contributed by atoms with van der Waals surface area (Å²) in [6.07, 6.45) is 32.2. The largest absolute Gasteiger partial charge is 0.508 e. The van der Waals surface area contributed by atoms with Gasteiger partial charge in [-0.15, -0.1) is 11.8 Å². The van der Waals surface area contributed by atoms with E-state index in [0.29, 0.717) is 77.5 Å². The van der Waals surface area contributed by atoms with Crippen molar-refractivity contribution in [3.05, 3.63) is 119 Å². The van der Waals surface area contributed by atoms with Gasteiger partial charge < -0.3 is 78.5 Å². The minimum absolute atomic E-state index is 0.00652. The number of hydrogen-bond acceptors (Lipinski definition) is 22. The number of nitrogens with one attached hydrogen (secondary N) is 8. The SMILES string of the molecule is C=C(C)C(=O)NC(=O)OC1CCC(C#CC)CC1.C=C(C)CNC(=O)OC1CCCCC1C.CC.CC1CC(OC(=O)Nc2cc(=O)c3ccccc3o2)CC(C)(C)C1.CC1CCCCC1OC(=O)Nc1ccc(O)cc1.CCC1CCCCC1OC(=O)NCCOC.CNC(=O)OC1CCC(C)CC1.CNC(=O)OC1CCCC(C)C1.O=C(Nc1ccc(C(=O)O)cc1)OC1CCCCC1. The second-order valence-corrected chi connectivity index (χ2v) is 37.5. The van der Waals surface area contributed by atoms with E-state index in [2.05, 4.69) is 123 Å². The molecule has 10 unspecified atom stereocenters. The number of ether oxygens (including phenoxy) is 9. The number of para-hydroxylation sites is 1. The highest BCUT2D eigenvalue weighted by Gasteiger charge is 2.36. The number of hydrogen-bond donors (Lipinski definition) is 10. The minimum atomic E-state index is -0.990. The van der Waals surface area contributed by atoms with Crippen LogP contribution in [0.15, 0.2) is 112 Å². The zero-order valence-corrected chi connectivity index (χ0v) is 84.0. The van der Waals surface area contributed by atoms with Crippen molar-refractivity contribution in [3.63, 3.8) is 0 Å². The first-order chi connectivity index (χ1) is 64.9. The number of aromatic hydroxyl groups is 1. The van der Waals surface area contributed by atoms with Crippen LogP contribution in [0.2, 0.25) is 0 Å². The van der Waals surface area contributed by atoms with Crippen molar-refractivity contribution in [3.8, 4) is 17.6 Å². The molecule has 0 aliphatic heterocycles. The summed E-state index contributed by atoms with van der Waals surface area (Å²) < 4.78 is 53.0. The van der Waals surface area contributed by atoms with Crippen LogP contribution in [0.4, 0.5) is 55.6 Å². The fourth-order valence-corrected chi connectivity index (χ4v) is 17.5. The lowest BCUT2D eigenvalue weighted by Crippen LogP contribution is -2.35. The van der Waals surface area contributed by atoms with Crippen molar-refractivity contribution < 1.29 is 105 Å². The average Bonchev–Trinajstić information content (AvgIpc) is 0.813. The van der Waals surface area contributed by atoms with Crippen molar-refractivity contribution in [2.24, 2.45) is 46.8 Å². The average molecular weight is 1900 g/mol. The van der Waals surface area contributed by atoms with Crippen LogP contribution < -0.4 is 48.0 Å². The number of anilines is 3. The van der Waals surface area contributed by atoms with Crippen LogP contribution in [0.1, 0.15) is 312 Å². The molecule has 12 rings (SSSR count). The van der Waals surface area contributed by atoms with E-state index in [1.807, 2.05) is 27.7 Å². The summed E-state index contributed by atoms with van der Waals surface area (Å²) in [7, 11) is 4.80. The lowest BCUT2D eigenvalue weighted by Gasteiger charge is -2.38. The van der Waals surface area contributed by atoms with E-state index >= 15 is 0 Å². The first kappa shape index (κ1) is 117. The molecule has 0 bridgehead atoms. The Morgan fingerprint density at radius 2 is 0.963 bits per heavy atom. The molecule has 3 aromatic carbocycles. The zero-order valence-electron chi connectivity index (χ0n) is 84.0. The zero-order chi connectivity index (χ0) is 100. The molecular formula is C105H162N8O23. The van der Waals surface area contributed by atoms with Crippen molar-refractivity contribution in [2.45, 2.75) is 351 Å². The first-order valence-corrected chi connectivity index (χ1v) is 49.4. The summed E-state index contributed by atoms with van der Waals surface area (Å²) in [4.78, 5) is 125. The minimum Gasteiger partial charge on any atom is -0.508 e. The number of alkyl carbamates (subject to hydrolysis) is 5. The molecule has 8 aliphatic carbocycles. The van der Waals surface area contributed by atoms with E-state index in [-0.39, 0.29) is 107 Å². The molecule has 1 aromatic heterocycles. The van der Waals surface area contributed by atoms with E-state index in [9.17, 15) is 52.7 Å². The highest BCUT2D eigenvalue weighted by atomic mass is 16.6. The van der Waals surface area contributed by atoms with Crippen molar-refractivity contribution in [1.82, 2.24) is 26.6 Å². The number of fused-ring (bicyclic) bond motifs is 1. The van der Waals surface area contributed by atoms with E-state index < -0.39 is 36.2 Å². The van der Waals surface area contributed by atoms with Gasteiger partial charge in [0.25, 0.3) is 5.91 Å². The van der Waals surface area contributed by atoms with Gasteiger partial charge in [-0.05, 0) is 302 Å². The van der Waals surface area contributed by atoms with Gasteiger partial charge in [-0.25, -0.2) is 43.2 Å². The van der Waals surface area contributed by atoms with E-state index in [4.69, 9.17) is 57.3 Å². The van der Waals surface area contributed by atoms with Crippen LogP contribution in [0.3, 0.4) is 0 Å². The first-order valence-electron chi connectivity index (χ1n) is 49.4. The lowest BCUT2D eigenvalue weighted by molar-refractivity contribution is -0.117. The van der Waals surface area contributed by atoms with Crippen molar-refractivity contribution in [2.75, 3.05) is 56.9 Å². The molecule has 10 N–H and O–H groups in total. The number of phenols is 1. The number of carboxylic acids is 1. The Morgan fingerprint density at radius 1 is 0.493 bits per heavy atom. The highest BCUT2D eigenvalue weighted by Crippen LogP contribution is 2.40. The second kappa shape index (κ2) is 65.7. The molecular weight excluding hydrogens is 1740 g/mol. The number of carbonyl (C=O) groups is 10. The Hall–Kier alpha value is -11.0. The van der Waals surface area contributed by atoms with Crippen LogP contribution in [0.25, 0.3) is 11.0 Å². The van der Waals surface area contributed by atoms with Crippen LogP contribution in [-0.2, 0) is 47.4 Å². The van der Waals surface area contributed by atoms with Gasteiger partial charge in [0.05, 0.1) is 17.6 Å². The maximum atomic E-state index is 12.2. The standard InChI is InChI=1S/C19H23NO4.C14H17NO4.2C14H19NO3.C12H23NO3.C12H21NO2.2C9H17NO2.C2H6/c1-12-8-13(11-19(2,3)10-12)23-18(22)20-17-9-15(21)14-6-4-5-7-16(14)24-17;16-13(17)10-6-8-11(9-7-10)15-14(18)19-12-4-2-1-3-5-12;1-10-4-2-3-5-13(10)18-14(17)15-11-6-8-12(16)9-7-11;1-4-5-11-6-8-12(9-7-11)18-14(17)15-13(16)10(2)3;1-3-10-6-4-5-7-11(10)16-12(14)13-8-9-15-2;1-9(2)8-13-12(14)15-11-7-5-4-6-10(11)3;1-7-3-5-8(6-4-7)12-9(11)10-2;1-7-4-3-5-8(6-7)12-9(11)10-2;1-2/h4-7,9,12-13H,8,10-11H2,1-3H3,(H,20,22);6-9,12H,1-5H2,(H,15,18)(H,16,17);6-10,13,16H,2-5H2,1H3,(H,15,17);11-12H,2,6-9H2,1,3H3,(H,15,16,17);10-11H,3-9H2,1-2H3,(H,13,14);10-11H,1,4-8H2,2-3H3,(H,13,14);2*7-8H,3-6H2,1-2H3,(H,10,11);1-2H3. The van der Waals surface area contributed by atoms with Crippen LogP contribution in [0.5, 0.6) is 5.75 Å². The van der Waals surface area contributed by atoms with Gasteiger partial charge in [0.1, 0.15) is 60.2 Å². The van der Waals surface area contributed by atoms with Crippen LogP contribution in [-0.4, -0.2) is 161 Å². The van der Waals surface area contributed by atoms with Gasteiger partial charge in [-0.1, -0.05) is 132 Å². The third kappa shape index (κ3) is 49.6. The fraction of sp³-hybridized carbons (Fsp3) is 0.648. The number of benzene rings is 3. The molecule has 760 valence electrons. The molecule has 136 heavy (non-hydrogen) atoms. The number of phenolic OH excluding ortho intramolecular Hbond substituents is 1. The number of imide groups is 1. The Balaban J connectivity index is 0.000000327. The topological polar surface area (TPSA) is 421 Å². The van der Waals surface area contributed by atoms with Gasteiger partial charge in [-0.2, -0.15) is 0 Å². The predicted molar refractivity (Wildman–Crippen MR) is 530 cm³/mol. The van der Waals surface area contributed by atoms with Crippen LogP contribution >= 0.6 is 0 Å². The third-order valence-corrected chi connectivity index (χ3v) is 24.8. The number of amides is 9. The molecule has 31 heteroatoms. The summed E-state index contributed by atoms with van der Waals surface area (Å²) in [5, 5.41) is 38.6. The van der Waals surface area contributed by atoms with E-state index in [1.54, 1.807) is 69.7 Å². The Bertz CT molecular complexity index is 4370. The molecule has 0 radical (unpaired) electrons. The monoisotopic (exact) mass is 1900 g/mol. The summed E-state index contributed by atoms with van der Waals surface area (Å²) in [6, 6.07) is 20.5. The smallest absolute Gasteiger partial charge is 0.414 e. The molecule has 8 fully saturated rings. The number of rotatable bonds is 19. The molecule has 0 saturated heterocycles. The normalized spacial score (nSPS) is 23.4. The number of methoxy groups -OCH3 is 1. The van der Waals surface area contributed by atoms with Gasteiger partial charge in [0.15, 0.2) is 5.43 Å². The van der Waals surface area contributed by atoms with E-state index in [1.165, 1.54) is 114 Å². The summed E-state index contributed by atoms with van der Waals surface area (Å²) in [5.74, 6) is 8.74. The third-order valence-electron chi connectivity index (χ3n) is 24.8. The number of carboxylic acid groups (broad SMARTS) is 1. The molecule has 9 amide bonds. The molecule has 0 spiro atoms. The summed E-state index contributed by atoms with van der Waals surface area (Å²) in [5.41, 5.74) is 2.97. The Labute approximate surface area is 807 Å². The maximum Gasteiger partial charge on any atom is 0.414 e. The molecule has 8 saturated carbocycles. The van der Waals surface area contributed by atoms with Crippen LogP contribution in [0, 0.1) is 58.7 Å². The van der Waals surface area contributed by atoms with E-state index in [0.717, 1.165) is 146 Å². The van der Waals surface area contributed by atoms with Crippen molar-refractivity contribution in [1.29, 1.82) is 0 Å². The lowest BCUT2D eigenvalue weighted by atomic mass is 9.71. The van der Waals surface area contributed by atoms with Gasteiger partial charge in [0.2, 0.25) is 5.88 Å². The maximum absolute atomic E-state index is 12.2. The summed E-state index contributed by atoms with van der Waals surface area (Å²) >= 11 is 0. The molecule has 4 aromatic rings. The highest BCUT2D eigenvalue weighted by molar-refractivity contribution is 6.01. The van der Waals surface area contributed by atoms with Gasteiger partial charge >= 0.3 is 54.7 Å². The van der Waals surface area contributed by atoms with Gasteiger partial charge in [-0.3, -0.25) is 30.9 Å². The molecule has 31 nitrogen and oxygen atoms in total. The number of carbonyl (C=O) groups excluding carboxylic acids is 9. The quantitative estimate of drug-likeness (QED) is 0.0104. The van der Waals surface area contributed by atoms with Crippen molar-refractivity contribution >= 4 is 88.9 Å². The molecule has 8 aliphatic rings. The number of aromatic carboxylic acids is 1. The fourth-order valence-electron chi connectivity index (χ4n) is 17.5. The predicted octanol–water partition coefficient (Wildman–Crippen LogP) is 23.8. The molecule has 1 heterocycles. The molecule has 10 atom stereocenters.